The summed E-state index contributed by atoms with van der Waals surface area (Å²) in [5, 5.41) is 11.4. The molecular formula is C26H25ClF3N3O2S2. The average Bonchev–Trinajstić information content (AvgIpc) is 3.26. The molecule has 0 saturated carbocycles. The lowest BCUT2D eigenvalue weighted by molar-refractivity contribution is -0.258. The minimum Gasteiger partial charge on any atom is -0.376 e. The summed E-state index contributed by atoms with van der Waals surface area (Å²) < 4.78 is 56.8. The van der Waals surface area contributed by atoms with Crippen LogP contribution in [0, 0.1) is 0 Å². The Morgan fingerprint density at radius 1 is 1.03 bits per heavy atom. The van der Waals surface area contributed by atoms with E-state index in [1.165, 1.54) is 23.6 Å². The molecule has 4 aromatic rings. The van der Waals surface area contributed by atoms with Crippen molar-refractivity contribution < 1.29 is 22.5 Å². The highest BCUT2D eigenvalue weighted by molar-refractivity contribution is 7.84. The lowest BCUT2D eigenvalue weighted by Crippen LogP contribution is -2.39. The third-order valence-electron chi connectivity index (χ3n) is 5.84. The zero-order valence-corrected chi connectivity index (χ0v) is 22.8. The molecule has 3 atom stereocenters. The number of rotatable bonds is 6. The van der Waals surface area contributed by atoms with Gasteiger partial charge in [-0.2, -0.15) is 13.2 Å². The van der Waals surface area contributed by atoms with Crippen molar-refractivity contribution in [3.63, 3.8) is 0 Å². The predicted octanol–water partition coefficient (Wildman–Crippen LogP) is 6.92. The molecule has 0 amide bonds. The first-order valence-electron chi connectivity index (χ1n) is 11.3. The van der Waals surface area contributed by atoms with Gasteiger partial charge < -0.3 is 5.11 Å². The van der Waals surface area contributed by atoms with E-state index >= 15 is 0 Å². The first-order chi connectivity index (χ1) is 17.2. The number of benzene rings is 1. The van der Waals surface area contributed by atoms with Gasteiger partial charge in [-0.15, -0.1) is 11.3 Å². The molecule has 5 nitrogen and oxygen atoms in total. The molecule has 0 saturated heterocycles. The van der Waals surface area contributed by atoms with Crippen LogP contribution in [0.2, 0.25) is 5.02 Å². The molecule has 4 rings (SSSR count). The molecule has 0 aliphatic carbocycles. The average molecular weight is 568 g/mol. The summed E-state index contributed by atoms with van der Waals surface area (Å²) in [7, 11) is -1.45. The number of thiophene rings is 1. The standard InChI is InChI=1S/C26H25ClF3N3O2S2/c1-24(2,3)37(35)33-22(21-18(27)9-6-11-32-21)20-13-15-7-5-8-17(23(15)36-20)19-14-16(10-12-31-19)25(4,34)26(28,29)30/h5-14,22,33-34H,1-4H3. The van der Waals surface area contributed by atoms with Crippen molar-refractivity contribution in [3.05, 3.63) is 82.1 Å². The van der Waals surface area contributed by atoms with Crippen LogP contribution >= 0.6 is 22.9 Å². The second-order valence-electron chi connectivity index (χ2n) is 9.67. The molecule has 1 aromatic carbocycles. The fourth-order valence-corrected chi connectivity index (χ4v) is 5.96. The van der Waals surface area contributed by atoms with Gasteiger partial charge in [0.2, 0.25) is 0 Å². The van der Waals surface area contributed by atoms with Gasteiger partial charge in [0.15, 0.2) is 5.60 Å². The van der Waals surface area contributed by atoms with Crippen molar-refractivity contribution in [1.29, 1.82) is 0 Å². The van der Waals surface area contributed by atoms with Crippen molar-refractivity contribution in [2.24, 2.45) is 0 Å². The van der Waals surface area contributed by atoms with E-state index in [9.17, 15) is 22.5 Å². The minimum atomic E-state index is -4.85. The summed E-state index contributed by atoms with van der Waals surface area (Å²) in [5.74, 6) is 0. The molecule has 3 unspecified atom stereocenters. The number of aromatic nitrogens is 2. The van der Waals surface area contributed by atoms with Gasteiger partial charge in [0.25, 0.3) is 0 Å². The van der Waals surface area contributed by atoms with E-state index < -0.39 is 33.6 Å². The van der Waals surface area contributed by atoms with Gasteiger partial charge in [-0.3, -0.25) is 9.97 Å². The highest BCUT2D eigenvalue weighted by Gasteiger charge is 2.51. The molecular weight excluding hydrogens is 543 g/mol. The Kier molecular flexibility index (Phi) is 7.53. The van der Waals surface area contributed by atoms with Crippen molar-refractivity contribution >= 4 is 44.0 Å². The van der Waals surface area contributed by atoms with Crippen molar-refractivity contribution in [3.8, 4) is 11.3 Å². The van der Waals surface area contributed by atoms with Crippen molar-refractivity contribution in [2.75, 3.05) is 0 Å². The number of nitrogens with one attached hydrogen (secondary N) is 1. The highest BCUT2D eigenvalue weighted by Crippen LogP contribution is 2.42. The summed E-state index contributed by atoms with van der Waals surface area (Å²) in [6.07, 6.45) is -1.99. The maximum Gasteiger partial charge on any atom is 0.421 e. The summed E-state index contributed by atoms with van der Waals surface area (Å²) in [6, 6.07) is 12.6. The molecule has 37 heavy (non-hydrogen) atoms. The second kappa shape index (κ2) is 10.1. The van der Waals surface area contributed by atoms with E-state index in [0.717, 1.165) is 28.0 Å². The van der Waals surface area contributed by atoms with Gasteiger partial charge in [-0.1, -0.05) is 29.8 Å². The number of fused-ring (bicyclic) bond motifs is 1. The molecule has 3 heterocycles. The minimum absolute atomic E-state index is 0.291. The normalized spacial score (nSPS) is 15.9. The van der Waals surface area contributed by atoms with Gasteiger partial charge >= 0.3 is 6.18 Å². The van der Waals surface area contributed by atoms with Crippen LogP contribution in [0.25, 0.3) is 21.3 Å². The molecule has 196 valence electrons. The molecule has 0 aliphatic rings. The Balaban J connectivity index is 1.84. The van der Waals surface area contributed by atoms with Crippen LogP contribution in [0.3, 0.4) is 0 Å². The first-order valence-corrected chi connectivity index (χ1v) is 13.6. The Morgan fingerprint density at radius 2 is 1.76 bits per heavy atom. The summed E-state index contributed by atoms with van der Waals surface area (Å²) in [5.41, 5.74) is -1.92. The molecule has 0 spiro atoms. The number of halogens is 4. The Bertz CT molecular complexity index is 1470. The molecule has 0 radical (unpaired) electrons. The van der Waals surface area contributed by atoms with Gasteiger partial charge in [-0.05, 0) is 69.0 Å². The summed E-state index contributed by atoms with van der Waals surface area (Å²) in [6.45, 7) is 6.28. The van der Waals surface area contributed by atoms with Crippen LogP contribution in [0.4, 0.5) is 13.2 Å². The molecule has 0 bridgehead atoms. The lowest BCUT2D eigenvalue weighted by atomic mass is 9.94. The number of aliphatic hydroxyl groups is 1. The predicted molar refractivity (Wildman–Crippen MR) is 143 cm³/mol. The fraction of sp³-hybridized carbons (Fsp3) is 0.308. The Labute approximate surface area is 224 Å². The van der Waals surface area contributed by atoms with Crippen LogP contribution < -0.4 is 4.72 Å². The van der Waals surface area contributed by atoms with E-state index in [1.54, 1.807) is 30.5 Å². The number of hydrogen-bond donors (Lipinski definition) is 2. The van der Waals surface area contributed by atoms with Crippen LogP contribution in [0.1, 0.15) is 49.9 Å². The fourth-order valence-electron chi connectivity index (χ4n) is 3.61. The summed E-state index contributed by atoms with van der Waals surface area (Å²) >= 11 is 7.85. The SMILES string of the molecule is CC(C)(C)S(=O)NC(c1cc2cccc(-c3cc(C(C)(O)C(F)(F)F)ccn3)c2s1)c1ncccc1Cl. The summed E-state index contributed by atoms with van der Waals surface area (Å²) in [4.78, 5) is 9.50. The number of hydrogen-bond acceptors (Lipinski definition) is 5. The number of pyridine rings is 2. The lowest BCUT2D eigenvalue weighted by Gasteiger charge is -2.26. The van der Waals surface area contributed by atoms with Crippen molar-refractivity contribution in [2.45, 2.75) is 50.3 Å². The monoisotopic (exact) mass is 567 g/mol. The number of nitrogens with zero attached hydrogens (tertiary/aromatic N) is 2. The molecule has 0 fully saturated rings. The van der Waals surface area contributed by atoms with Gasteiger partial charge in [-0.25, -0.2) is 8.93 Å². The Hall–Kier alpha value is -2.37. The van der Waals surface area contributed by atoms with Crippen LogP contribution in [0.15, 0.2) is 60.9 Å². The van der Waals surface area contributed by atoms with E-state index in [-0.39, 0.29) is 5.56 Å². The van der Waals surface area contributed by atoms with Gasteiger partial charge in [0.05, 0.1) is 38.2 Å². The zero-order valence-electron chi connectivity index (χ0n) is 20.4. The van der Waals surface area contributed by atoms with Gasteiger partial charge in [0.1, 0.15) is 0 Å². The van der Waals surface area contributed by atoms with E-state index in [2.05, 4.69) is 14.7 Å². The quantitative estimate of drug-likeness (QED) is 0.265. The van der Waals surface area contributed by atoms with Gasteiger partial charge in [0, 0.05) is 27.5 Å². The van der Waals surface area contributed by atoms with Crippen LogP contribution in [-0.2, 0) is 16.6 Å². The second-order valence-corrected chi connectivity index (χ2v) is 13.2. The van der Waals surface area contributed by atoms with Crippen molar-refractivity contribution in [1.82, 2.24) is 14.7 Å². The van der Waals surface area contributed by atoms with E-state index in [0.29, 0.717) is 22.0 Å². The third kappa shape index (κ3) is 5.58. The zero-order chi connectivity index (χ0) is 27.2. The van der Waals surface area contributed by atoms with Crippen LogP contribution in [-0.4, -0.2) is 30.2 Å². The van der Waals surface area contributed by atoms with Crippen LogP contribution in [0.5, 0.6) is 0 Å². The molecule has 2 N–H and O–H groups in total. The Morgan fingerprint density at radius 3 is 2.41 bits per heavy atom. The van der Waals surface area contributed by atoms with E-state index in [1.807, 2.05) is 32.9 Å². The maximum absolute atomic E-state index is 13.5. The van der Waals surface area contributed by atoms with E-state index in [4.69, 9.17) is 11.6 Å². The largest absolute Gasteiger partial charge is 0.421 e. The third-order valence-corrected chi connectivity index (χ3v) is 8.97. The maximum atomic E-state index is 13.5. The molecule has 3 aromatic heterocycles. The smallest absolute Gasteiger partial charge is 0.376 e. The molecule has 11 heteroatoms. The topological polar surface area (TPSA) is 75.1 Å². The first kappa shape index (κ1) is 27.7. The molecule has 0 aliphatic heterocycles. The number of alkyl halides is 3. The highest BCUT2D eigenvalue weighted by atomic mass is 35.5.